The summed E-state index contributed by atoms with van der Waals surface area (Å²) in [7, 11) is 0. The average molecular weight is 400 g/mol. The molecular formula is C23H28O6. The molecule has 0 aromatic heterocycles. The Bertz CT molecular complexity index is 736. The Morgan fingerprint density at radius 1 is 0.828 bits per heavy atom. The maximum Gasteiger partial charge on any atom is 0.166 e. The molecule has 0 aliphatic heterocycles. The van der Waals surface area contributed by atoms with Crippen LogP contribution in [0.4, 0.5) is 0 Å². The number of ketones is 6. The monoisotopic (exact) mass is 400 g/mol. The fourth-order valence-electron chi connectivity index (χ4n) is 4.15. The summed E-state index contributed by atoms with van der Waals surface area (Å²) in [5, 5.41) is 0. The van der Waals surface area contributed by atoms with Crippen LogP contribution in [0.2, 0.25) is 0 Å². The van der Waals surface area contributed by atoms with Crippen molar-refractivity contribution in [2.45, 2.75) is 58.8 Å². The Kier molecular flexibility index (Phi) is 8.11. The fraction of sp³-hybridized carbons (Fsp3) is 0.565. The molecule has 6 nitrogen and oxygen atoms in total. The molecule has 6 heteroatoms. The summed E-state index contributed by atoms with van der Waals surface area (Å²) in [5.41, 5.74) is 0. The maximum atomic E-state index is 11.5. The van der Waals surface area contributed by atoms with Crippen LogP contribution in [0.5, 0.6) is 0 Å². The number of carbonyl (C=O) groups excluding carboxylic acids is 6. The zero-order chi connectivity index (χ0) is 21.6. The van der Waals surface area contributed by atoms with Crippen molar-refractivity contribution in [1.82, 2.24) is 0 Å². The number of rotatable bonds is 6. The first-order valence-corrected chi connectivity index (χ1v) is 10.2. The van der Waals surface area contributed by atoms with Crippen molar-refractivity contribution < 1.29 is 28.8 Å². The molecule has 1 fully saturated rings. The van der Waals surface area contributed by atoms with Crippen molar-refractivity contribution in [2.24, 2.45) is 23.7 Å². The summed E-state index contributed by atoms with van der Waals surface area (Å²) in [4.78, 5) is 66.9. The van der Waals surface area contributed by atoms with E-state index in [9.17, 15) is 28.8 Å². The molecule has 29 heavy (non-hydrogen) atoms. The van der Waals surface area contributed by atoms with Crippen LogP contribution >= 0.6 is 0 Å². The van der Waals surface area contributed by atoms with Crippen molar-refractivity contribution in [3.05, 3.63) is 24.3 Å². The molecule has 0 bridgehead atoms. The highest BCUT2D eigenvalue weighted by Gasteiger charge is 2.33. The number of carbonyl (C=O) groups is 6. The highest BCUT2D eigenvalue weighted by molar-refractivity contribution is 6.19. The normalized spacial score (nSPS) is 24.8. The van der Waals surface area contributed by atoms with E-state index in [1.807, 2.05) is 0 Å². The molecule has 0 N–H and O–H groups in total. The van der Waals surface area contributed by atoms with Gasteiger partial charge in [0, 0.05) is 12.3 Å². The van der Waals surface area contributed by atoms with Crippen molar-refractivity contribution >= 4 is 34.7 Å². The van der Waals surface area contributed by atoms with Crippen LogP contribution in [0.15, 0.2) is 24.3 Å². The highest BCUT2D eigenvalue weighted by Crippen LogP contribution is 2.34. The van der Waals surface area contributed by atoms with E-state index < -0.39 is 11.8 Å². The molecule has 0 aromatic carbocycles. The summed E-state index contributed by atoms with van der Waals surface area (Å²) in [5.74, 6) is -0.704. The summed E-state index contributed by atoms with van der Waals surface area (Å²) in [6, 6.07) is 0. The number of hydrogen-bond acceptors (Lipinski definition) is 6. The lowest BCUT2D eigenvalue weighted by molar-refractivity contribution is -0.128. The first kappa shape index (κ1) is 22.8. The van der Waals surface area contributed by atoms with Gasteiger partial charge in [0.15, 0.2) is 23.1 Å². The van der Waals surface area contributed by atoms with Crippen LogP contribution in [0.3, 0.4) is 0 Å². The van der Waals surface area contributed by atoms with Crippen LogP contribution in [0, 0.1) is 23.7 Å². The van der Waals surface area contributed by atoms with Crippen molar-refractivity contribution in [2.75, 3.05) is 0 Å². The topological polar surface area (TPSA) is 102 Å². The van der Waals surface area contributed by atoms with Crippen molar-refractivity contribution in [1.29, 1.82) is 0 Å². The smallest absolute Gasteiger partial charge is 0.166 e. The molecule has 156 valence electrons. The van der Waals surface area contributed by atoms with Gasteiger partial charge in [0.1, 0.15) is 11.6 Å². The molecule has 0 saturated heterocycles. The lowest BCUT2D eigenvalue weighted by Gasteiger charge is -2.28. The molecule has 0 spiro atoms. The standard InChI is InChI=1S/C14H18O3.C9H10O3/c1-9(15)11-4-2-3-10(7-11)8-12-13(16)5-6-14(12)17;1-6(10)2-3-7-8(11)4-5-9(7)12/h5-6,10-12H,2-4,7-8H2,1H3;4-5,7H,2-3H2,1H3. The Labute approximate surface area is 170 Å². The predicted octanol–water partition coefficient (Wildman–Crippen LogP) is 2.78. The second-order valence-corrected chi connectivity index (χ2v) is 8.20. The first-order valence-electron chi connectivity index (χ1n) is 10.2. The van der Waals surface area contributed by atoms with Crippen LogP contribution in [0.25, 0.3) is 0 Å². The van der Waals surface area contributed by atoms with Gasteiger partial charge in [0.05, 0.1) is 11.8 Å². The van der Waals surface area contributed by atoms with Gasteiger partial charge in [-0.2, -0.15) is 0 Å². The van der Waals surface area contributed by atoms with E-state index in [-0.39, 0.29) is 40.6 Å². The van der Waals surface area contributed by atoms with E-state index in [0.717, 1.165) is 25.7 Å². The van der Waals surface area contributed by atoms with Gasteiger partial charge in [-0.1, -0.05) is 12.8 Å². The summed E-state index contributed by atoms with van der Waals surface area (Å²) < 4.78 is 0. The summed E-state index contributed by atoms with van der Waals surface area (Å²) >= 11 is 0. The average Bonchev–Trinajstić information content (AvgIpc) is 3.16. The molecule has 2 unspecified atom stereocenters. The number of Topliss-reactive ketones (excluding diaryl/α,β-unsaturated/α-hetero) is 2. The minimum Gasteiger partial charge on any atom is -0.300 e. The second-order valence-electron chi connectivity index (χ2n) is 8.20. The minimum atomic E-state index is -0.575. The molecule has 0 radical (unpaired) electrons. The van der Waals surface area contributed by atoms with E-state index in [1.165, 1.54) is 31.2 Å². The van der Waals surface area contributed by atoms with Gasteiger partial charge in [-0.25, -0.2) is 0 Å². The van der Waals surface area contributed by atoms with Crippen LogP contribution in [-0.2, 0) is 28.8 Å². The largest absolute Gasteiger partial charge is 0.300 e. The SMILES string of the molecule is CC(=O)C1CCCC(CC2C(=O)C=CC2=O)C1.CC(=O)CCC1C(=O)C=CC1=O. The molecule has 1 saturated carbocycles. The molecule has 2 atom stereocenters. The molecule has 3 aliphatic carbocycles. The maximum absolute atomic E-state index is 11.5. The molecule has 0 heterocycles. The van der Waals surface area contributed by atoms with Crippen molar-refractivity contribution in [3.63, 3.8) is 0 Å². The third kappa shape index (κ3) is 6.51. The lowest BCUT2D eigenvalue weighted by atomic mass is 9.75. The van der Waals surface area contributed by atoms with Gasteiger partial charge >= 0.3 is 0 Å². The molecule has 3 rings (SSSR count). The Hall–Kier alpha value is -2.50. The Morgan fingerprint density at radius 2 is 1.34 bits per heavy atom. The van der Waals surface area contributed by atoms with Gasteiger partial charge in [-0.15, -0.1) is 0 Å². The summed E-state index contributed by atoms with van der Waals surface area (Å²) in [6.07, 6.45) is 10.6. The lowest BCUT2D eigenvalue weighted by Crippen LogP contribution is -2.26. The highest BCUT2D eigenvalue weighted by atomic mass is 16.2. The van der Waals surface area contributed by atoms with Gasteiger partial charge in [0.25, 0.3) is 0 Å². The van der Waals surface area contributed by atoms with Crippen molar-refractivity contribution in [3.8, 4) is 0 Å². The predicted molar refractivity (Wildman–Crippen MR) is 106 cm³/mol. The van der Waals surface area contributed by atoms with Crippen LogP contribution < -0.4 is 0 Å². The summed E-state index contributed by atoms with van der Waals surface area (Å²) in [6.45, 7) is 3.10. The number of allylic oxidation sites excluding steroid dienone is 4. The quantitative estimate of drug-likeness (QED) is 0.635. The van der Waals surface area contributed by atoms with Crippen LogP contribution in [-0.4, -0.2) is 34.7 Å². The molecular weight excluding hydrogens is 372 g/mol. The van der Waals surface area contributed by atoms with Crippen LogP contribution in [0.1, 0.15) is 58.8 Å². The third-order valence-corrected chi connectivity index (χ3v) is 5.91. The van der Waals surface area contributed by atoms with E-state index in [0.29, 0.717) is 25.2 Å². The minimum absolute atomic E-state index is 0.0162. The molecule has 0 aromatic rings. The van der Waals surface area contributed by atoms with Gasteiger partial charge in [0.2, 0.25) is 0 Å². The van der Waals surface area contributed by atoms with E-state index in [2.05, 4.69) is 0 Å². The molecule has 0 amide bonds. The van der Waals surface area contributed by atoms with Gasteiger partial charge in [-0.3, -0.25) is 24.0 Å². The van der Waals surface area contributed by atoms with E-state index in [1.54, 1.807) is 6.92 Å². The molecule has 3 aliphatic rings. The van der Waals surface area contributed by atoms with Gasteiger partial charge in [-0.05, 0) is 69.8 Å². The van der Waals surface area contributed by atoms with Gasteiger partial charge < -0.3 is 4.79 Å². The zero-order valence-electron chi connectivity index (χ0n) is 17.0. The first-order chi connectivity index (χ1) is 13.7. The Morgan fingerprint density at radius 3 is 1.83 bits per heavy atom. The van der Waals surface area contributed by atoms with E-state index in [4.69, 9.17) is 0 Å². The number of hydrogen-bond donors (Lipinski definition) is 0. The Balaban J connectivity index is 0.000000221. The van der Waals surface area contributed by atoms with E-state index >= 15 is 0 Å². The zero-order valence-corrected chi connectivity index (χ0v) is 17.0. The third-order valence-electron chi connectivity index (χ3n) is 5.91. The fourth-order valence-corrected chi connectivity index (χ4v) is 4.15. The second kappa shape index (κ2) is 10.3.